The van der Waals surface area contributed by atoms with Gasteiger partial charge in [-0.05, 0) is 159 Å². The first-order valence-electron chi connectivity index (χ1n) is 34.0. The Morgan fingerprint density at radius 1 is 0.274 bits per heavy atom. The van der Waals surface area contributed by atoms with E-state index in [0.29, 0.717) is 57.4 Å². The first-order chi connectivity index (χ1) is 43.3. The first-order valence-corrected chi connectivity index (χ1v) is 82.0. The van der Waals surface area contributed by atoms with Crippen molar-refractivity contribution in [2.24, 2.45) is 23.7 Å². The Morgan fingerprint density at radius 2 is 0.513 bits per heavy atom. The molecule has 0 aromatic heterocycles. The van der Waals surface area contributed by atoms with Crippen molar-refractivity contribution in [1.82, 2.24) is 0 Å². The molecule has 113 heavy (non-hydrogen) atoms. The van der Waals surface area contributed by atoms with Crippen LogP contribution in [0.1, 0.15) is 156 Å². The fourth-order valence-electron chi connectivity index (χ4n) is 10.8. The van der Waals surface area contributed by atoms with Gasteiger partial charge in [0.2, 0.25) is 5.82 Å². The standard InChI is InChI=1S/C20H16F2.C20H22F2.C15H20F2O.C14H18F2.CH4.12Na.11Nb.11Nd/c1-13-3-7-15(8-4-13)17-11-12-18(20(22)19(17)21)16-9-5-14(2)6-10-16;1-13-3-6-15(7-4-13)16-8-10-17(11-9-16)18-12-5-14(2)19(21)20(18)22;1-10-3-6-12(7-4-10)9-18-13-8-5-11(2)14(16)15(13)17;1-9-3-6-11(7-4-9)12-8-5-10(2)13(15)14(12)16;;;;;;;;;;;;;;;;;;;;;;;;;;;;;;;;;;;/h3-12H,1-2H3;5,8-13,15H,3-4,6-7H2,1-2H3;5,8,10,12H,3-4,6-7,9H2,1-2H3;5,8-9,11H,3-4,6-7H2,1-2H3;1H4;;;;;;;;;;;;;;;;;;;;;;;;;;;;;;;;;;. The summed E-state index contributed by atoms with van der Waals surface area (Å²) in [6.45, 7) is 15.9. The third-order valence-corrected chi connectivity index (χ3v) is 16.4. The van der Waals surface area contributed by atoms with Gasteiger partial charge in [0.25, 0.3) is 0 Å². The molecular weight excluding hydrogens is 3890 g/mol. The number of ether oxygens (including phenoxy) is 1. The van der Waals surface area contributed by atoms with Gasteiger partial charge in [-0.1, -0.05) is 193 Å². The summed E-state index contributed by atoms with van der Waals surface area (Å²) in [5.74, 6) is -2.37. The molecular formula is C70H80F8Na12Nb11Nd11O. The molecule has 7 aromatic rings. The Balaban J connectivity index is -0.0000000410. The van der Waals surface area contributed by atoms with E-state index in [4.69, 9.17) is 4.74 Å². The predicted octanol–water partition coefficient (Wildman–Crippen LogP) is 17.2. The average Bonchev–Trinajstić information content (AvgIpc) is 0.807. The Hall–Kier alpha value is 28.8. The maximum absolute atomic E-state index is 14.4. The molecule has 533 valence electrons. The molecule has 0 atom stereocenters. The minimum Gasteiger partial charge on any atom is 0 e. The molecule has 0 spiro atoms. The van der Waals surface area contributed by atoms with Gasteiger partial charge in [-0.3, -0.25) is 0 Å². The van der Waals surface area contributed by atoms with Gasteiger partial charge in [0.1, 0.15) is 0 Å². The van der Waals surface area contributed by atoms with E-state index in [9.17, 15) is 35.1 Å². The summed E-state index contributed by atoms with van der Waals surface area (Å²) in [6, 6.07) is 35.8. The SMILES string of the molecule is C.Cc1ccc(-c2ccc(-c3ccc(C)cc3)c(F)c2F)cc1.Cc1ccc(-c2ccc(C3CCC(C)CC3)cc2)c(F)c1F.Cc1ccc(C2CCC(C)CC2)c(F)c1F.Cc1ccc(OCC2CCC(C)CC2)c(F)c1F.[Na][Na].[Na][Na].[Na][Na].[Na][Na].[Na][Na].[Na][Na].[Nb].[Nb].[Nb].[Nb].[Nb].[Nb].[Nb].[Nb].[Nb].[Nb].[Nb].[Nd].[Nd].[Nd].[Nd].[Nd].[Nd].[Nd].[Nd].[Nd].[Nd].[Nd]. The zero-order valence-electron chi connectivity index (χ0n) is 69.1. The largest absolute Gasteiger partial charge is 0 e. The molecule has 43 heteroatoms. The van der Waals surface area contributed by atoms with Crippen LogP contribution in [0.25, 0.3) is 33.4 Å². The average molecular weight is 3970 g/mol. The van der Waals surface area contributed by atoms with Crippen LogP contribution in [0.4, 0.5) is 35.1 Å². The van der Waals surface area contributed by atoms with E-state index in [1.807, 2.05) is 50.2 Å². The van der Waals surface area contributed by atoms with Crippen molar-refractivity contribution in [1.29, 1.82) is 0 Å². The molecule has 0 N–H and O–H groups in total. The quantitative estimate of drug-likeness (QED) is 0.109. The molecule has 0 heterocycles. The Labute approximate surface area is 1380 Å². The summed E-state index contributed by atoms with van der Waals surface area (Å²) in [6.07, 6.45) is 13.9. The van der Waals surface area contributed by atoms with Gasteiger partial charge in [0.15, 0.2) is 46.5 Å². The van der Waals surface area contributed by atoms with Crippen LogP contribution in [0, 0.1) is 554 Å². The van der Waals surface area contributed by atoms with Gasteiger partial charge < -0.3 is 4.74 Å². The number of hydrogen-bond acceptors (Lipinski definition) is 1. The van der Waals surface area contributed by atoms with Crippen molar-refractivity contribution >= 4 is 262 Å². The zero-order chi connectivity index (χ0) is 68.2. The zero-order valence-corrected chi connectivity index (χ0v) is 153. The minimum absolute atomic E-state index is 0. The summed E-state index contributed by atoms with van der Waals surface area (Å²) in [7, 11) is 0. The van der Waals surface area contributed by atoms with E-state index < -0.39 is 46.5 Å². The van der Waals surface area contributed by atoms with E-state index in [-0.39, 0.29) is 726 Å². The van der Waals surface area contributed by atoms with Crippen molar-refractivity contribution in [2.45, 2.75) is 152 Å². The summed E-state index contributed by atoms with van der Waals surface area (Å²) < 4.78 is 116. The molecule has 3 aliphatic rings. The van der Waals surface area contributed by atoms with Crippen LogP contribution in [0.5, 0.6) is 5.75 Å². The van der Waals surface area contributed by atoms with Crippen LogP contribution in [0.2, 0.25) is 0 Å². The molecule has 3 saturated carbocycles. The van der Waals surface area contributed by atoms with Crippen molar-refractivity contribution < 1.29 is 735 Å². The van der Waals surface area contributed by atoms with E-state index in [1.54, 1.807) is 87.5 Å². The summed E-state index contributed by atoms with van der Waals surface area (Å²) in [4.78, 5) is 0. The molecule has 0 aliphatic heterocycles. The molecule has 0 unspecified atom stereocenters. The Kier molecular flexibility index (Phi) is 225. The number of halogens is 8. The van der Waals surface area contributed by atoms with E-state index in [0.717, 1.165) is 73.0 Å². The number of aryl methyl sites for hydroxylation is 5. The predicted molar refractivity (Wildman–Crippen MR) is 379 cm³/mol. The van der Waals surface area contributed by atoms with Crippen LogP contribution in [-0.4, -0.2) is 268 Å². The van der Waals surface area contributed by atoms with Gasteiger partial charge >= 0.3 is 262 Å². The van der Waals surface area contributed by atoms with Crippen LogP contribution < -0.4 is 4.74 Å². The smallest absolute Gasteiger partial charge is 0 e. The van der Waals surface area contributed by atoms with E-state index in [2.05, 4.69) is 32.9 Å². The number of benzene rings is 7. The van der Waals surface area contributed by atoms with Crippen molar-refractivity contribution in [3.05, 3.63) is 207 Å². The van der Waals surface area contributed by atoms with Crippen LogP contribution in [0.15, 0.2) is 121 Å². The monoisotopic (exact) mass is 3950 g/mol. The third-order valence-electron chi connectivity index (χ3n) is 16.4. The summed E-state index contributed by atoms with van der Waals surface area (Å²) >= 11 is 17.3. The molecule has 10 rings (SSSR count). The summed E-state index contributed by atoms with van der Waals surface area (Å²) in [5, 5.41) is 0. The molecule has 0 saturated heterocycles. The number of rotatable bonds is 8. The van der Waals surface area contributed by atoms with Gasteiger partial charge in [-0.25, -0.2) is 30.7 Å². The maximum atomic E-state index is 14.4. The number of hydrogen-bond donors (Lipinski definition) is 0. The van der Waals surface area contributed by atoms with Crippen LogP contribution in [0.3, 0.4) is 0 Å². The molecule has 1 nitrogen and oxygen atoms in total. The maximum Gasteiger partial charge on any atom is 0 e. The van der Waals surface area contributed by atoms with Crippen molar-refractivity contribution in [2.75, 3.05) is 6.61 Å². The van der Waals surface area contributed by atoms with E-state index in [1.165, 1.54) is 312 Å². The Bertz CT molecular complexity index is 3130. The second-order valence-corrected chi connectivity index (χ2v) is 22.7. The van der Waals surface area contributed by atoms with Gasteiger partial charge in [-0.2, -0.15) is 4.39 Å². The second kappa shape index (κ2) is 128. The minimum atomic E-state index is -0.862. The van der Waals surface area contributed by atoms with Gasteiger partial charge in [0, 0.05) is 712 Å². The van der Waals surface area contributed by atoms with Crippen molar-refractivity contribution in [3.8, 4) is 39.1 Å². The third kappa shape index (κ3) is 82.1. The molecule has 0 amide bonds. The molecule has 3 fully saturated rings. The Morgan fingerprint density at radius 3 is 0.832 bits per heavy atom. The van der Waals surface area contributed by atoms with Gasteiger partial charge in [-0.15, -0.1) is 0 Å². The molecule has 3 aliphatic carbocycles. The molecule has 0 bridgehead atoms. The van der Waals surface area contributed by atoms with E-state index >= 15 is 0 Å². The first kappa shape index (κ1) is 199. The van der Waals surface area contributed by atoms with Crippen molar-refractivity contribution in [3.63, 3.8) is 0 Å². The topological polar surface area (TPSA) is 9.23 Å². The molecule has 7 aromatic carbocycles. The second-order valence-electron chi connectivity index (χ2n) is 22.7. The van der Waals surface area contributed by atoms with Crippen LogP contribution >= 0.6 is 0 Å². The summed E-state index contributed by atoms with van der Waals surface area (Å²) in [5.41, 5.74) is 8.12. The fraction of sp³-hybridized carbons (Fsp3) is 0.400. The fourth-order valence-corrected chi connectivity index (χ4v) is 10.8. The van der Waals surface area contributed by atoms with Gasteiger partial charge in [0.05, 0.1) is 6.61 Å². The normalized spacial score (nSPS) is 14.2. The van der Waals surface area contributed by atoms with Crippen LogP contribution in [-0.2, 0) is 246 Å². The molecule has 11 radical (unpaired) electrons.